The van der Waals surface area contributed by atoms with Gasteiger partial charge in [-0.15, -0.1) is 0 Å². The minimum atomic E-state index is -0.471. The van der Waals surface area contributed by atoms with Crippen LogP contribution in [0, 0.1) is 12.8 Å². The molecule has 1 aliphatic heterocycles. The van der Waals surface area contributed by atoms with Crippen molar-refractivity contribution >= 4 is 17.0 Å². The first-order chi connectivity index (χ1) is 20.2. The summed E-state index contributed by atoms with van der Waals surface area (Å²) in [5.74, 6) is 1.90. The zero-order valence-electron chi connectivity index (χ0n) is 25.1. The Morgan fingerprint density at radius 1 is 0.952 bits per heavy atom. The number of piperidine rings is 1. The van der Waals surface area contributed by atoms with Gasteiger partial charge in [0, 0.05) is 13.1 Å². The van der Waals surface area contributed by atoms with E-state index >= 15 is 0 Å². The van der Waals surface area contributed by atoms with Crippen LogP contribution in [0.5, 0.6) is 5.75 Å². The second-order valence-corrected chi connectivity index (χ2v) is 12.1. The van der Waals surface area contributed by atoms with E-state index in [1.807, 2.05) is 87.2 Å². The van der Waals surface area contributed by atoms with Crippen molar-refractivity contribution in [2.24, 2.45) is 5.92 Å². The van der Waals surface area contributed by atoms with E-state index in [2.05, 4.69) is 24.3 Å². The van der Waals surface area contributed by atoms with Crippen molar-refractivity contribution in [2.75, 3.05) is 19.7 Å². The predicted octanol–water partition coefficient (Wildman–Crippen LogP) is 7.15. The molecular formula is C35H41N3O4. The first-order valence-corrected chi connectivity index (χ1v) is 14.9. The van der Waals surface area contributed by atoms with Crippen molar-refractivity contribution in [2.45, 2.75) is 65.0 Å². The van der Waals surface area contributed by atoms with Crippen molar-refractivity contribution in [1.82, 2.24) is 14.5 Å². The molecule has 2 heterocycles. The highest BCUT2D eigenvalue weighted by molar-refractivity contribution is 5.79. The number of aryl methyl sites for hydroxylation is 1. The standard InChI is InChI=1S/C35H41N3O4/c1-25-36-31-18-17-29(41-23-11-12-26-19-21-37(22-20-26)34(40)42-35(2,3)4)24-30(31)33(39)38(25)32(27-13-7-5-8-14-27)28-15-9-6-10-16-28/h5-10,13-18,24,26,32H,11-12,19-23H2,1-4H3. The third kappa shape index (κ3) is 7.01. The highest BCUT2D eigenvalue weighted by Crippen LogP contribution is 2.28. The van der Waals surface area contributed by atoms with Gasteiger partial charge in [0.15, 0.2) is 0 Å². The summed E-state index contributed by atoms with van der Waals surface area (Å²) in [6, 6.07) is 25.5. The maximum Gasteiger partial charge on any atom is 0.410 e. The van der Waals surface area contributed by atoms with E-state index in [1.165, 1.54) is 0 Å². The van der Waals surface area contributed by atoms with Crippen LogP contribution in [0.25, 0.3) is 10.9 Å². The maximum atomic E-state index is 14.0. The van der Waals surface area contributed by atoms with Crippen LogP contribution >= 0.6 is 0 Å². The molecule has 1 fully saturated rings. The average molecular weight is 568 g/mol. The maximum absolute atomic E-state index is 14.0. The van der Waals surface area contributed by atoms with Gasteiger partial charge in [-0.25, -0.2) is 9.78 Å². The summed E-state index contributed by atoms with van der Waals surface area (Å²) in [7, 11) is 0. The van der Waals surface area contributed by atoms with Gasteiger partial charge in [0.2, 0.25) is 0 Å². The van der Waals surface area contributed by atoms with Crippen LogP contribution in [-0.4, -0.2) is 45.8 Å². The van der Waals surface area contributed by atoms with Gasteiger partial charge in [-0.2, -0.15) is 0 Å². The highest BCUT2D eigenvalue weighted by atomic mass is 16.6. The number of likely N-dealkylation sites (tertiary alicyclic amines) is 1. The molecule has 1 saturated heterocycles. The smallest absolute Gasteiger partial charge is 0.410 e. The molecule has 1 aliphatic rings. The summed E-state index contributed by atoms with van der Waals surface area (Å²) in [5.41, 5.74) is 2.16. The molecule has 3 aromatic carbocycles. The Morgan fingerprint density at radius 2 is 1.57 bits per heavy atom. The monoisotopic (exact) mass is 567 g/mol. The largest absolute Gasteiger partial charge is 0.494 e. The molecule has 0 unspecified atom stereocenters. The highest BCUT2D eigenvalue weighted by Gasteiger charge is 2.27. The van der Waals surface area contributed by atoms with Crippen LogP contribution < -0.4 is 10.3 Å². The second kappa shape index (κ2) is 12.8. The first kappa shape index (κ1) is 29.4. The SMILES string of the molecule is Cc1nc2ccc(OCCCC3CCN(C(=O)OC(C)(C)C)CC3)cc2c(=O)n1C(c1ccccc1)c1ccccc1. The summed E-state index contributed by atoms with van der Waals surface area (Å²) in [6.45, 7) is 9.61. The molecule has 0 aliphatic carbocycles. The van der Waals surface area contributed by atoms with E-state index < -0.39 is 5.60 Å². The molecule has 1 aromatic heterocycles. The van der Waals surface area contributed by atoms with E-state index in [4.69, 9.17) is 14.5 Å². The third-order valence-electron chi connectivity index (χ3n) is 7.83. The predicted molar refractivity (Wildman–Crippen MR) is 166 cm³/mol. The Bertz CT molecular complexity index is 1510. The van der Waals surface area contributed by atoms with Crippen molar-refractivity contribution < 1.29 is 14.3 Å². The lowest BCUT2D eigenvalue weighted by atomic mass is 9.92. The molecule has 0 radical (unpaired) electrons. The molecule has 0 atom stereocenters. The number of amides is 1. The lowest BCUT2D eigenvalue weighted by molar-refractivity contribution is 0.0179. The molecule has 1 amide bonds. The van der Waals surface area contributed by atoms with Crippen LogP contribution in [0.15, 0.2) is 83.7 Å². The Labute approximate surface area is 248 Å². The first-order valence-electron chi connectivity index (χ1n) is 14.9. The normalized spacial score (nSPS) is 14.4. The number of rotatable bonds is 8. The molecule has 42 heavy (non-hydrogen) atoms. The Morgan fingerprint density at radius 3 is 2.17 bits per heavy atom. The van der Waals surface area contributed by atoms with Crippen LogP contribution in [0.2, 0.25) is 0 Å². The number of carbonyl (C=O) groups is 1. The fraction of sp³-hybridized carbons (Fsp3) is 0.400. The van der Waals surface area contributed by atoms with Crippen molar-refractivity contribution in [1.29, 1.82) is 0 Å². The molecule has 4 aromatic rings. The molecule has 0 saturated carbocycles. The van der Waals surface area contributed by atoms with E-state index in [9.17, 15) is 9.59 Å². The van der Waals surface area contributed by atoms with Gasteiger partial charge >= 0.3 is 6.09 Å². The second-order valence-electron chi connectivity index (χ2n) is 12.1. The number of aromatic nitrogens is 2. The fourth-order valence-electron chi connectivity index (χ4n) is 5.74. The van der Waals surface area contributed by atoms with Crippen molar-refractivity contribution in [3.63, 3.8) is 0 Å². The van der Waals surface area contributed by atoms with E-state index in [0.29, 0.717) is 35.0 Å². The van der Waals surface area contributed by atoms with Crippen molar-refractivity contribution in [3.8, 4) is 5.75 Å². The lowest BCUT2D eigenvalue weighted by Gasteiger charge is -2.33. The van der Waals surface area contributed by atoms with Crippen LogP contribution in [0.4, 0.5) is 4.79 Å². The molecule has 0 bridgehead atoms. The Hall–Kier alpha value is -4.13. The van der Waals surface area contributed by atoms with E-state index in [-0.39, 0.29) is 17.7 Å². The van der Waals surface area contributed by atoms with E-state index in [0.717, 1.165) is 49.9 Å². The zero-order chi connectivity index (χ0) is 29.7. The van der Waals surface area contributed by atoms with Crippen LogP contribution in [0.1, 0.15) is 69.4 Å². The Balaban J connectivity index is 1.26. The van der Waals surface area contributed by atoms with E-state index in [1.54, 1.807) is 4.57 Å². The molecule has 5 rings (SSSR count). The van der Waals surface area contributed by atoms with Crippen molar-refractivity contribution in [3.05, 3.63) is 106 Å². The summed E-state index contributed by atoms with van der Waals surface area (Å²) < 4.78 is 13.4. The zero-order valence-corrected chi connectivity index (χ0v) is 25.1. The topological polar surface area (TPSA) is 73.7 Å². The van der Waals surface area contributed by atoms with Gasteiger partial charge in [0.25, 0.3) is 5.56 Å². The lowest BCUT2D eigenvalue weighted by Crippen LogP contribution is -2.41. The molecule has 0 N–H and O–H groups in total. The summed E-state index contributed by atoms with van der Waals surface area (Å²) in [4.78, 5) is 33.0. The van der Waals surface area contributed by atoms with Gasteiger partial charge in [-0.05, 0) is 88.6 Å². The summed E-state index contributed by atoms with van der Waals surface area (Å²) >= 11 is 0. The van der Waals surface area contributed by atoms with Crippen LogP contribution in [-0.2, 0) is 4.74 Å². The van der Waals surface area contributed by atoms with Gasteiger partial charge < -0.3 is 14.4 Å². The number of carbonyl (C=O) groups excluding carboxylic acids is 1. The van der Waals surface area contributed by atoms with Crippen LogP contribution in [0.3, 0.4) is 0 Å². The molecule has 7 heteroatoms. The molecule has 220 valence electrons. The number of benzene rings is 3. The molecular weight excluding hydrogens is 526 g/mol. The minimum Gasteiger partial charge on any atom is -0.494 e. The van der Waals surface area contributed by atoms with Gasteiger partial charge in [0.05, 0.1) is 23.6 Å². The number of nitrogens with zero attached hydrogens (tertiary/aromatic N) is 3. The number of ether oxygens (including phenoxy) is 2. The van der Waals surface area contributed by atoms with Gasteiger partial charge in [-0.3, -0.25) is 9.36 Å². The molecule has 7 nitrogen and oxygen atoms in total. The fourth-order valence-corrected chi connectivity index (χ4v) is 5.74. The van der Waals surface area contributed by atoms with Gasteiger partial charge in [-0.1, -0.05) is 60.7 Å². The summed E-state index contributed by atoms with van der Waals surface area (Å²) in [5, 5.41) is 0.546. The quantitative estimate of drug-likeness (QED) is 0.212. The number of hydrogen-bond acceptors (Lipinski definition) is 5. The minimum absolute atomic E-state index is 0.0857. The summed E-state index contributed by atoms with van der Waals surface area (Å²) in [6.07, 6.45) is 3.69. The van der Waals surface area contributed by atoms with Gasteiger partial charge in [0.1, 0.15) is 17.2 Å². The average Bonchev–Trinajstić information content (AvgIpc) is 2.98. The number of fused-ring (bicyclic) bond motifs is 1. The Kier molecular flexibility index (Phi) is 8.95. The number of hydrogen-bond donors (Lipinski definition) is 0. The molecule has 0 spiro atoms. The third-order valence-corrected chi connectivity index (χ3v) is 7.83.